The number of hydrogen-bond acceptors (Lipinski definition) is 4. The molecule has 0 fully saturated rings. The smallest absolute Gasteiger partial charge is 0.244 e. The first kappa shape index (κ1) is 27.9. The SMILES string of the molecule is CCC(C(=O)NC(C)C)N(Cc1c(Cl)cccc1Cl)C(=O)CN(c1ccc(F)cc1)S(C)(=O)=O. The van der Waals surface area contributed by atoms with Gasteiger partial charge in [0.25, 0.3) is 0 Å². The van der Waals surface area contributed by atoms with E-state index in [1.807, 2.05) is 0 Å². The van der Waals surface area contributed by atoms with Crippen molar-refractivity contribution in [2.24, 2.45) is 0 Å². The summed E-state index contributed by atoms with van der Waals surface area (Å²) >= 11 is 12.6. The number of carbonyl (C=O) groups is 2. The molecule has 0 spiro atoms. The number of benzene rings is 2. The van der Waals surface area contributed by atoms with E-state index in [-0.39, 0.29) is 30.6 Å². The van der Waals surface area contributed by atoms with Crippen molar-refractivity contribution in [3.63, 3.8) is 0 Å². The molecule has 0 aliphatic heterocycles. The Morgan fingerprint density at radius 1 is 1.06 bits per heavy atom. The number of halogens is 3. The van der Waals surface area contributed by atoms with Crippen molar-refractivity contribution >= 4 is 50.7 Å². The molecule has 0 radical (unpaired) electrons. The van der Waals surface area contributed by atoms with Crippen LogP contribution in [0.1, 0.15) is 32.8 Å². The van der Waals surface area contributed by atoms with Crippen LogP contribution in [0.3, 0.4) is 0 Å². The van der Waals surface area contributed by atoms with E-state index in [0.717, 1.165) is 22.7 Å². The maximum atomic E-state index is 13.5. The highest BCUT2D eigenvalue weighted by Gasteiger charge is 2.32. The number of amides is 2. The van der Waals surface area contributed by atoms with Crippen LogP contribution in [-0.2, 0) is 26.2 Å². The molecule has 1 N–H and O–H groups in total. The van der Waals surface area contributed by atoms with Gasteiger partial charge in [-0.1, -0.05) is 36.2 Å². The molecular weight excluding hydrogens is 504 g/mol. The van der Waals surface area contributed by atoms with Crippen molar-refractivity contribution in [1.29, 1.82) is 0 Å². The standard InChI is InChI=1S/C23H28Cl2FN3O4S/c1-5-21(23(31)27-15(2)3)28(13-18-19(24)7-6-8-20(18)25)22(30)14-29(34(4,32)33)17-11-9-16(26)10-12-17/h6-12,15,21H,5,13-14H2,1-4H3,(H,27,31). The van der Waals surface area contributed by atoms with Gasteiger partial charge in [0.05, 0.1) is 11.9 Å². The molecule has 2 amide bonds. The van der Waals surface area contributed by atoms with Crippen LogP contribution in [0.4, 0.5) is 10.1 Å². The number of anilines is 1. The summed E-state index contributed by atoms with van der Waals surface area (Å²) in [5.41, 5.74) is 0.551. The summed E-state index contributed by atoms with van der Waals surface area (Å²) < 4.78 is 39.3. The van der Waals surface area contributed by atoms with E-state index in [2.05, 4.69) is 5.32 Å². The van der Waals surface area contributed by atoms with Gasteiger partial charge in [-0.15, -0.1) is 0 Å². The van der Waals surface area contributed by atoms with Crippen LogP contribution in [0.25, 0.3) is 0 Å². The fraction of sp³-hybridized carbons (Fsp3) is 0.391. The van der Waals surface area contributed by atoms with Crippen LogP contribution in [0, 0.1) is 5.82 Å². The van der Waals surface area contributed by atoms with Crippen LogP contribution in [0.5, 0.6) is 0 Å². The molecule has 11 heteroatoms. The van der Waals surface area contributed by atoms with E-state index in [1.54, 1.807) is 39.0 Å². The summed E-state index contributed by atoms with van der Waals surface area (Å²) in [6.07, 6.45) is 1.21. The predicted octanol–water partition coefficient (Wildman–Crippen LogP) is 4.23. The third-order valence-corrected chi connectivity index (χ3v) is 6.85. The molecule has 0 saturated heterocycles. The van der Waals surface area contributed by atoms with E-state index in [1.165, 1.54) is 17.0 Å². The van der Waals surface area contributed by atoms with Crippen molar-refractivity contribution in [1.82, 2.24) is 10.2 Å². The van der Waals surface area contributed by atoms with Crippen LogP contribution in [0.2, 0.25) is 10.0 Å². The second kappa shape index (κ2) is 11.9. The number of nitrogens with zero attached hydrogens (tertiary/aromatic N) is 2. The highest BCUT2D eigenvalue weighted by Crippen LogP contribution is 2.27. The molecule has 0 bridgehead atoms. The topological polar surface area (TPSA) is 86.8 Å². The summed E-state index contributed by atoms with van der Waals surface area (Å²) in [6, 6.07) is 8.54. The Hall–Kier alpha value is -2.36. The van der Waals surface area contributed by atoms with Crippen molar-refractivity contribution in [3.05, 3.63) is 63.9 Å². The summed E-state index contributed by atoms with van der Waals surface area (Å²) in [4.78, 5) is 27.7. The maximum Gasteiger partial charge on any atom is 0.244 e. The van der Waals surface area contributed by atoms with Crippen molar-refractivity contribution in [2.75, 3.05) is 17.1 Å². The zero-order chi connectivity index (χ0) is 25.6. The van der Waals surface area contributed by atoms with E-state index < -0.39 is 34.3 Å². The number of carbonyl (C=O) groups excluding carboxylic acids is 2. The highest BCUT2D eigenvalue weighted by molar-refractivity contribution is 7.92. The summed E-state index contributed by atoms with van der Waals surface area (Å²) in [5.74, 6) is -1.58. The first-order valence-electron chi connectivity index (χ1n) is 10.6. The van der Waals surface area contributed by atoms with Gasteiger partial charge < -0.3 is 10.2 Å². The lowest BCUT2D eigenvalue weighted by molar-refractivity contribution is -0.140. The Balaban J connectivity index is 2.49. The number of sulfonamides is 1. The first-order valence-corrected chi connectivity index (χ1v) is 13.2. The minimum absolute atomic E-state index is 0.109. The molecule has 0 aliphatic rings. The van der Waals surface area contributed by atoms with Gasteiger partial charge in [-0.05, 0) is 56.7 Å². The molecule has 34 heavy (non-hydrogen) atoms. The lowest BCUT2D eigenvalue weighted by atomic mass is 10.1. The zero-order valence-corrected chi connectivity index (χ0v) is 21.7. The van der Waals surface area contributed by atoms with Gasteiger partial charge in [0.1, 0.15) is 18.4 Å². The third kappa shape index (κ3) is 7.32. The zero-order valence-electron chi connectivity index (χ0n) is 19.4. The minimum atomic E-state index is -3.91. The molecule has 1 unspecified atom stereocenters. The van der Waals surface area contributed by atoms with Gasteiger partial charge in [-0.2, -0.15) is 0 Å². The summed E-state index contributed by atoms with van der Waals surface area (Å²) in [6.45, 7) is 4.62. The van der Waals surface area contributed by atoms with Crippen molar-refractivity contribution < 1.29 is 22.4 Å². The second-order valence-electron chi connectivity index (χ2n) is 8.06. The average Bonchev–Trinajstić information content (AvgIpc) is 2.73. The van der Waals surface area contributed by atoms with Gasteiger partial charge in [0.2, 0.25) is 21.8 Å². The summed E-state index contributed by atoms with van der Waals surface area (Å²) in [5, 5.41) is 3.41. The fourth-order valence-electron chi connectivity index (χ4n) is 3.37. The monoisotopic (exact) mass is 531 g/mol. The Bertz CT molecular complexity index is 1110. The first-order chi connectivity index (χ1) is 15.8. The molecule has 2 rings (SSSR count). The predicted molar refractivity (Wildman–Crippen MR) is 133 cm³/mol. The van der Waals surface area contributed by atoms with E-state index >= 15 is 0 Å². The van der Waals surface area contributed by atoms with Gasteiger partial charge in [-0.25, -0.2) is 12.8 Å². The molecule has 0 aromatic heterocycles. The van der Waals surface area contributed by atoms with Gasteiger partial charge in [0.15, 0.2) is 0 Å². The van der Waals surface area contributed by atoms with Crippen molar-refractivity contribution in [3.8, 4) is 0 Å². The Morgan fingerprint density at radius 2 is 1.62 bits per heavy atom. The minimum Gasteiger partial charge on any atom is -0.352 e. The molecule has 2 aromatic carbocycles. The average molecular weight is 532 g/mol. The van der Waals surface area contributed by atoms with E-state index in [4.69, 9.17) is 23.2 Å². The second-order valence-corrected chi connectivity index (χ2v) is 10.8. The molecule has 7 nitrogen and oxygen atoms in total. The molecule has 0 saturated carbocycles. The normalized spacial score (nSPS) is 12.4. The number of hydrogen-bond donors (Lipinski definition) is 1. The van der Waals surface area contributed by atoms with Crippen LogP contribution >= 0.6 is 23.2 Å². The lowest BCUT2D eigenvalue weighted by Crippen LogP contribution is -2.53. The van der Waals surface area contributed by atoms with Gasteiger partial charge in [-0.3, -0.25) is 13.9 Å². The Labute approximate surface area is 209 Å². The van der Waals surface area contributed by atoms with E-state index in [0.29, 0.717) is 15.6 Å². The number of nitrogens with one attached hydrogen (secondary N) is 1. The van der Waals surface area contributed by atoms with Crippen LogP contribution < -0.4 is 9.62 Å². The van der Waals surface area contributed by atoms with Crippen LogP contribution in [0.15, 0.2) is 42.5 Å². The maximum absolute atomic E-state index is 13.5. The van der Waals surface area contributed by atoms with Gasteiger partial charge >= 0.3 is 0 Å². The molecule has 0 heterocycles. The summed E-state index contributed by atoms with van der Waals surface area (Å²) in [7, 11) is -3.91. The largest absolute Gasteiger partial charge is 0.352 e. The molecular formula is C23H28Cl2FN3O4S. The van der Waals surface area contributed by atoms with Crippen LogP contribution in [-0.4, -0.2) is 50.0 Å². The molecule has 1 atom stereocenters. The highest BCUT2D eigenvalue weighted by atomic mass is 35.5. The quantitative estimate of drug-likeness (QED) is 0.496. The Kier molecular flexibility index (Phi) is 9.73. The van der Waals surface area contributed by atoms with E-state index in [9.17, 15) is 22.4 Å². The Morgan fingerprint density at radius 3 is 2.09 bits per heavy atom. The number of rotatable bonds is 10. The molecule has 2 aromatic rings. The third-order valence-electron chi connectivity index (χ3n) is 5.00. The molecule has 186 valence electrons. The van der Waals surface area contributed by atoms with Gasteiger partial charge in [0, 0.05) is 28.2 Å². The lowest BCUT2D eigenvalue weighted by Gasteiger charge is -2.33. The molecule has 0 aliphatic carbocycles. The fourth-order valence-corrected chi connectivity index (χ4v) is 4.74. The van der Waals surface area contributed by atoms with Crippen molar-refractivity contribution in [2.45, 2.75) is 45.8 Å².